The number of aromatic amines is 1. The van der Waals surface area contributed by atoms with Crippen molar-refractivity contribution in [3.8, 4) is 28.6 Å². The minimum atomic E-state index is -0.0396. The highest BCUT2D eigenvalue weighted by Crippen LogP contribution is 2.36. The van der Waals surface area contributed by atoms with Crippen LogP contribution in [0, 0.1) is 4.77 Å². The molecule has 0 saturated heterocycles. The first-order chi connectivity index (χ1) is 14.7. The van der Waals surface area contributed by atoms with Crippen LogP contribution in [0.1, 0.15) is 43.5 Å². The van der Waals surface area contributed by atoms with E-state index in [0.717, 1.165) is 11.3 Å². The van der Waals surface area contributed by atoms with Gasteiger partial charge in [0, 0.05) is 25.5 Å². The number of benzene rings is 2. The topological polar surface area (TPSA) is 111 Å². The Hall–Kier alpha value is -3.55. The van der Waals surface area contributed by atoms with E-state index in [-0.39, 0.29) is 17.7 Å². The molecule has 2 aromatic carbocycles. The van der Waals surface area contributed by atoms with Gasteiger partial charge in [0.15, 0.2) is 22.3 Å². The van der Waals surface area contributed by atoms with Crippen LogP contribution >= 0.6 is 12.2 Å². The number of phenols is 2. The Labute approximate surface area is 184 Å². The first kappa shape index (κ1) is 22.1. The van der Waals surface area contributed by atoms with Crippen LogP contribution in [-0.2, 0) is 16.0 Å². The number of hydrogen-bond donors (Lipinski definition) is 3. The van der Waals surface area contributed by atoms with Crippen LogP contribution in [0.25, 0.3) is 17.1 Å². The van der Waals surface area contributed by atoms with Crippen molar-refractivity contribution in [2.45, 2.75) is 33.2 Å². The molecule has 1 unspecified atom stereocenters. The molecule has 3 N–H and O–H groups in total. The number of carbonyl (C=O) groups excluding carboxylic acids is 2. The quantitative estimate of drug-likeness (QED) is 0.425. The average molecular weight is 440 g/mol. The van der Waals surface area contributed by atoms with E-state index < -0.39 is 0 Å². The summed E-state index contributed by atoms with van der Waals surface area (Å²) in [7, 11) is 2.09. The lowest BCUT2D eigenvalue weighted by atomic mass is 10.0. The summed E-state index contributed by atoms with van der Waals surface area (Å²) in [6.07, 6.45) is 0.890. The standard InChI is InChI=1S/C21H22N4O2S.CO2/c1-5-13-8-17(19(27)10-18(13)26)20-22-23-21(28)25(20)14-6-7-15-11(2)24(4)12(3)16(15)9-14;2-1-3/h6-11H,5H2,1-4H3,(H2-,22,23,26,27,28);/p+1. The number of fused-ring (bicyclic) bond motifs is 1. The third kappa shape index (κ3) is 3.81. The molecule has 0 bridgehead atoms. The number of nitrogens with one attached hydrogen (secondary N) is 1. The van der Waals surface area contributed by atoms with Crippen LogP contribution in [0.5, 0.6) is 11.5 Å². The van der Waals surface area contributed by atoms with Gasteiger partial charge >= 0.3 is 6.15 Å². The van der Waals surface area contributed by atoms with Crippen molar-refractivity contribution < 1.29 is 24.4 Å². The third-order valence-corrected chi connectivity index (χ3v) is 6.01. The van der Waals surface area contributed by atoms with Gasteiger partial charge in [-0.2, -0.15) is 14.7 Å². The molecular weight excluding hydrogens is 416 g/mol. The molecule has 1 aromatic heterocycles. The molecule has 9 heteroatoms. The molecule has 1 aliphatic heterocycles. The SMILES string of the molecule is CCc1cc(-c2n[nH]c(=S)n2-c2ccc3c(c2)C(C)=[N+](C)C3C)c(O)cc1O.O=C=O. The van der Waals surface area contributed by atoms with Crippen LogP contribution in [0.4, 0.5) is 0 Å². The zero-order valence-corrected chi connectivity index (χ0v) is 18.4. The van der Waals surface area contributed by atoms with Gasteiger partial charge in [-0.15, -0.1) is 0 Å². The minimum absolute atomic E-state index is 0.0396. The summed E-state index contributed by atoms with van der Waals surface area (Å²) in [5.41, 5.74) is 5.81. The second-order valence-corrected chi connectivity index (χ2v) is 7.65. The molecule has 1 atom stereocenters. The first-order valence-corrected chi connectivity index (χ1v) is 10.1. The van der Waals surface area contributed by atoms with Crippen LogP contribution < -0.4 is 0 Å². The lowest BCUT2D eigenvalue weighted by molar-refractivity contribution is -0.535. The monoisotopic (exact) mass is 439 g/mol. The maximum absolute atomic E-state index is 10.4. The summed E-state index contributed by atoms with van der Waals surface area (Å²) in [4.78, 5) is 16.2. The molecule has 8 nitrogen and oxygen atoms in total. The molecule has 160 valence electrons. The zero-order chi connectivity index (χ0) is 22.9. The summed E-state index contributed by atoms with van der Waals surface area (Å²) in [5.74, 6) is 0.542. The van der Waals surface area contributed by atoms with Gasteiger partial charge in [-0.25, -0.2) is 4.58 Å². The fraction of sp³-hybridized carbons (Fsp3) is 0.273. The van der Waals surface area contributed by atoms with Gasteiger partial charge in [-0.3, -0.25) is 9.67 Å². The molecule has 4 rings (SSSR count). The van der Waals surface area contributed by atoms with E-state index in [1.165, 1.54) is 22.9 Å². The Morgan fingerprint density at radius 3 is 2.52 bits per heavy atom. The van der Waals surface area contributed by atoms with Gasteiger partial charge < -0.3 is 10.2 Å². The largest absolute Gasteiger partial charge is 0.508 e. The Kier molecular flexibility index (Phi) is 6.19. The predicted molar refractivity (Wildman–Crippen MR) is 116 cm³/mol. The van der Waals surface area contributed by atoms with Crippen molar-refractivity contribution in [2.75, 3.05) is 7.05 Å². The number of aromatic hydroxyl groups is 2. The number of rotatable bonds is 3. The smallest absolute Gasteiger partial charge is 0.373 e. The fourth-order valence-electron chi connectivity index (χ4n) is 3.85. The zero-order valence-electron chi connectivity index (χ0n) is 17.6. The maximum Gasteiger partial charge on any atom is 0.373 e. The Morgan fingerprint density at radius 1 is 1.19 bits per heavy atom. The second kappa shape index (κ2) is 8.67. The molecule has 1 aliphatic rings. The summed E-state index contributed by atoms with van der Waals surface area (Å²) in [5, 5.41) is 27.6. The predicted octanol–water partition coefficient (Wildman–Crippen LogP) is 3.51. The molecule has 2 heterocycles. The molecule has 0 radical (unpaired) electrons. The number of aromatic nitrogens is 3. The summed E-state index contributed by atoms with van der Waals surface area (Å²) >= 11 is 5.49. The highest BCUT2D eigenvalue weighted by Gasteiger charge is 2.30. The van der Waals surface area contributed by atoms with Gasteiger partial charge in [0.2, 0.25) is 0 Å². The molecule has 0 fully saturated rings. The maximum atomic E-state index is 10.4. The minimum Gasteiger partial charge on any atom is -0.508 e. The van der Waals surface area contributed by atoms with E-state index in [1.54, 1.807) is 6.07 Å². The Bertz CT molecular complexity index is 1280. The van der Waals surface area contributed by atoms with Crippen molar-refractivity contribution in [2.24, 2.45) is 0 Å². The molecule has 31 heavy (non-hydrogen) atoms. The molecule has 0 amide bonds. The fourth-order valence-corrected chi connectivity index (χ4v) is 4.09. The average Bonchev–Trinajstić information content (AvgIpc) is 3.22. The van der Waals surface area contributed by atoms with Crippen molar-refractivity contribution >= 4 is 24.1 Å². The van der Waals surface area contributed by atoms with E-state index in [2.05, 4.69) is 47.8 Å². The number of hydrogen-bond acceptors (Lipinski definition) is 6. The number of H-pyrrole nitrogens is 1. The van der Waals surface area contributed by atoms with Gasteiger partial charge in [0.1, 0.15) is 18.5 Å². The van der Waals surface area contributed by atoms with Crippen LogP contribution in [0.2, 0.25) is 0 Å². The first-order valence-electron chi connectivity index (χ1n) is 9.68. The normalized spacial score (nSPS) is 14.6. The van der Waals surface area contributed by atoms with Gasteiger partial charge in [0.25, 0.3) is 0 Å². The Balaban J connectivity index is 0.000000858. The molecule has 3 aromatic rings. The van der Waals surface area contributed by atoms with Crippen LogP contribution in [0.3, 0.4) is 0 Å². The van der Waals surface area contributed by atoms with Crippen LogP contribution in [-0.4, -0.2) is 48.5 Å². The van der Waals surface area contributed by atoms with Crippen LogP contribution in [0.15, 0.2) is 30.3 Å². The highest BCUT2D eigenvalue weighted by molar-refractivity contribution is 7.71. The lowest BCUT2D eigenvalue weighted by Gasteiger charge is -2.12. The molecule has 0 saturated carbocycles. The number of phenolic OH excluding ortho intramolecular Hbond substituents is 2. The van der Waals surface area contributed by atoms with E-state index in [9.17, 15) is 10.2 Å². The van der Waals surface area contributed by atoms with Gasteiger partial charge in [0.05, 0.1) is 16.8 Å². The van der Waals surface area contributed by atoms with E-state index in [4.69, 9.17) is 21.8 Å². The highest BCUT2D eigenvalue weighted by atomic mass is 32.1. The number of aryl methyl sites for hydroxylation is 1. The summed E-state index contributed by atoms with van der Waals surface area (Å²) < 4.78 is 4.51. The summed E-state index contributed by atoms with van der Waals surface area (Å²) in [6, 6.07) is 9.69. The van der Waals surface area contributed by atoms with Gasteiger partial charge in [-0.05, 0) is 48.5 Å². The summed E-state index contributed by atoms with van der Waals surface area (Å²) in [6.45, 7) is 6.25. The Morgan fingerprint density at radius 2 is 1.87 bits per heavy atom. The lowest BCUT2D eigenvalue weighted by Crippen LogP contribution is -2.09. The molecular formula is C22H23N4O4S+. The van der Waals surface area contributed by atoms with E-state index in [1.807, 2.05) is 17.6 Å². The second-order valence-electron chi connectivity index (χ2n) is 7.27. The number of nitrogens with zero attached hydrogens (tertiary/aromatic N) is 3. The van der Waals surface area contributed by atoms with E-state index >= 15 is 0 Å². The van der Waals surface area contributed by atoms with E-state index in [0.29, 0.717) is 28.6 Å². The van der Waals surface area contributed by atoms with Crippen molar-refractivity contribution in [1.82, 2.24) is 14.8 Å². The third-order valence-electron chi connectivity index (χ3n) is 5.74. The molecule has 0 aliphatic carbocycles. The van der Waals surface area contributed by atoms with Crippen molar-refractivity contribution in [1.29, 1.82) is 0 Å². The van der Waals surface area contributed by atoms with Crippen molar-refractivity contribution in [3.63, 3.8) is 0 Å². The molecule has 0 spiro atoms. The van der Waals surface area contributed by atoms with Crippen molar-refractivity contribution in [3.05, 3.63) is 51.8 Å². The van der Waals surface area contributed by atoms with Gasteiger partial charge in [-0.1, -0.05) is 6.92 Å².